The third-order valence-corrected chi connectivity index (χ3v) is 4.97. The molecule has 0 radical (unpaired) electrons. The van der Waals surface area contributed by atoms with Crippen molar-refractivity contribution in [3.8, 4) is 17.2 Å². The van der Waals surface area contributed by atoms with Crippen molar-refractivity contribution in [1.29, 1.82) is 0 Å². The number of hydrogen-bond donors (Lipinski definition) is 1. The second-order valence-corrected chi connectivity index (χ2v) is 7.08. The highest BCUT2D eigenvalue weighted by Crippen LogP contribution is 2.39. The van der Waals surface area contributed by atoms with E-state index in [-0.39, 0.29) is 0 Å². The van der Waals surface area contributed by atoms with Crippen LogP contribution in [0.3, 0.4) is 0 Å². The molecule has 128 valence electrons. The summed E-state index contributed by atoms with van der Waals surface area (Å²) < 4.78 is 13.0. The number of methoxy groups -OCH3 is 1. The van der Waals surface area contributed by atoms with Crippen molar-refractivity contribution in [3.63, 3.8) is 0 Å². The SMILES string of the molecule is CCC(C)c1cc(Oc2c(Br)cc(C=NO)cc2Br)ccc1OC. The molecule has 1 atom stereocenters. The van der Waals surface area contributed by atoms with Gasteiger partial charge in [0.1, 0.15) is 11.5 Å². The molecule has 0 bridgehead atoms. The summed E-state index contributed by atoms with van der Waals surface area (Å²) >= 11 is 6.98. The van der Waals surface area contributed by atoms with Gasteiger partial charge in [0, 0.05) is 5.56 Å². The topological polar surface area (TPSA) is 51.0 Å². The Morgan fingerprint density at radius 2 is 1.88 bits per heavy atom. The van der Waals surface area contributed by atoms with Crippen molar-refractivity contribution in [2.24, 2.45) is 5.16 Å². The van der Waals surface area contributed by atoms with Gasteiger partial charge in [-0.05, 0) is 80.1 Å². The van der Waals surface area contributed by atoms with Crippen LogP contribution in [0.4, 0.5) is 0 Å². The molecule has 0 saturated heterocycles. The van der Waals surface area contributed by atoms with Gasteiger partial charge in [-0.15, -0.1) is 0 Å². The van der Waals surface area contributed by atoms with Gasteiger partial charge < -0.3 is 14.7 Å². The lowest BCUT2D eigenvalue weighted by Crippen LogP contribution is -1.98. The van der Waals surface area contributed by atoms with Crippen LogP contribution in [-0.4, -0.2) is 18.5 Å². The molecule has 0 aliphatic rings. The average molecular weight is 457 g/mol. The number of benzene rings is 2. The van der Waals surface area contributed by atoms with Crippen LogP contribution < -0.4 is 9.47 Å². The molecule has 0 fully saturated rings. The van der Waals surface area contributed by atoms with Gasteiger partial charge >= 0.3 is 0 Å². The Morgan fingerprint density at radius 1 is 1.21 bits per heavy atom. The van der Waals surface area contributed by atoms with E-state index in [1.807, 2.05) is 30.3 Å². The van der Waals surface area contributed by atoms with E-state index in [2.05, 4.69) is 50.9 Å². The minimum absolute atomic E-state index is 0.374. The highest BCUT2D eigenvalue weighted by molar-refractivity contribution is 9.11. The van der Waals surface area contributed by atoms with Crippen molar-refractivity contribution in [3.05, 3.63) is 50.4 Å². The van der Waals surface area contributed by atoms with Crippen LogP contribution in [0, 0.1) is 0 Å². The largest absolute Gasteiger partial charge is 0.496 e. The predicted octanol–water partition coefficient (Wildman–Crippen LogP) is 6.33. The van der Waals surface area contributed by atoms with Gasteiger partial charge in [-0.3, -0.25) is 0 Å². The molecule has 4 nitrogen and oxygen atoms in total. The van der Waals surface area contributed by atoms with Crippen molar-refractivity contribution < 1.29 is 14.7 Å². The van der Waals surface area contributed by atoms with Gasteiger partial charge in [0.2, 0.25) is 0 Å². The summed E-state index contributed by atoms with van der Waals surface area (Å²) in [5, 5.41) is 11.7. The monoisotopic (exact) mass is 455 g/mol. The molecule has 6 heteroatoms. The van der Waals surface area contributed by atoms with Gasteiger partial charge in [-0.1, -0.05) is 19.0 Å². The molecule has 0 spiro atoms. The van der Waals surface area contributed by atoms with Crippen molar-refractivity contribution >= 4 is 38.1 Å². The molecule has 0 aromatic heterocycles. The molecule has 0 aliphatic heterocycles. The fourth-order valence-electron chi connectivity index (χ4n) is 2.32. The third-order valence-electron chi connectivity index (χ3n) is 3.79. The molecule has 24 heavy (non-hydrogen) atoms. The zero-order valence-corrected chi connectivity index (χ0v) is 16.9. The van der Waals surface area contributed by atoms with Crippen LogP contribution >= 0.6 is 31.9 Å². The first-order valence-electron chi connectivity index (χ1n) is 7.52. The predicted molar refractivity (Wildman–Crippen MR) is 103 cm³/mol. The third kappa shape index (κ3) is 4.30. The Bertz CT molecular complexity index is 724. The molecule has 0 amide bonds. The normalized spacial score (nSPS) is 12.4. The van der Waals surface area contributed by atoms with E-state index in [9.17, 15) is 0 Å². The summed E-state index contributed by atoms with van der Waals surface area (Å²) in [5.74, 6) is 2.63. The highest BCUT2D eigenvalue weighted by atomic mass is 79.9. The van der Waals surface area contributed by atoms with Crippen LogP contribution in [0.5, 0.6) is 17.2 Å². The summed E-state index contributed by atoms with van der Waals surface area (Å²) in [4.78, 5) is 0. The maximum Gasteiger partial charge on any atom is 0.155 e. The maximum absolute atomic E-state index is 8.66. The minimum Gasteiger partial charge on any atom is -0.496 e. The first-order valence-corrected chi connectivity index (χ1v) is 9.11. The lowest BCUT2D eigenvalue weighted by molar-refractivity contribution is 0.322. The molecule has 1 N–H and O–H groups in total. The first kappa shape index (κ1) is 18.8. The lowest BCUT2D eigenvalue weighted by Gasteiger charge is -2.17. The zero-order valence-electron chi connectivity index (χ0n) is 13.7. The Labute approximate surface area is 158 Å². The van der Waals surface area contributed by atoms with E-state index < -0.39 is 0 Å². The van der Waals surface area contributed by atoms with E-state index >= 15 is 0 Å². The van der Waals surface area contributed by atoms with E-state index in [4.69, 9.17) is 14.7 Å². The Balaban J connectivity index is 2.38. The van der Waals surface area contributed by atoms with Crippen LogP contribution in [0.15, 0.2) is 44.4 Å². The number of nitrogens with zero attached hydrogens (tertiary/aromatic N) is 1. The fraction of sp³-hybridized carbons (Fsp3) is 0.278. The number of hydrogen-bond acceptors (Lipinski definition) is 4. The van der Waals surface area contributed by atoms with Crippen LogP contribution in [0.2, 0.25) is 0 Å². The fourth-order valence-corrected chi connectivity index (χ4v) is 3.70. The molecule has 0 aliphatic carbocycles. The van der Waals surface area contributed by atoms with Crippen molar-refractivity contribution in [1.82, 2.24) is 0 Å². The number of ether oxygens (including phenoxy) is 2. The quantitative estimate of drug-likeness (QED) is 0.313. The second kappa shape index (κ2) is 8.53. The van der Waals surface area contributed by atoms with E-state index in [0.717, 1.165) is 38.0 Å². The summed E-state index contributed by atoms with van der Waals surface area (Å²) in [6.45, 7) is 4.31. The van der Waals surface area contributed by atoms with E-state index in [1.54, 1.807) is 7.11 Å². The second-order valence-electron chi connectivity index (χ2n) is 5.37. The molecule has 2 aromatic rings. The molecule has 2 rings (SSSR count). The van der Waals surface area contributed by atoms with Crippen LogP contribution in [-0.2, 0) is 0 Å². The summed E-state index contributed by atoms with van der Waals surface area (Å²) in [6, 6.07) is 9.45. The molecule has 0 heterocycles. The van der Waals surface area contributed by atoms with Crippen molar-refractivity contribution in [2.75, 3.05) is 7.11 Å². The van der Waals surface area contributed by atoms with Crippen molar-refractivity contribution in [2.45, 2.75) is 26.2 Å². The smallest absolute Gasteiger partial charge is 0.155 e. The molecule has 0 saturated carbocycles. The Kier molecular flexibility index (Phi) is 6.69. The van der Waals surface area contributed by atoms with Gasteiger partial charge in [-0.25, -0.2) is 0 Å². The van der Waals surface area contributed by atoms with E-state index in [0.29, 0.717) is 11.7 Å². The lowest BCUT2D eigenvalue weighted by atomic mass is 9.97. The first-order chi connectivity index (χ1) is 11.5. The molecular weight excluding hydrogens is 438 g/mol. The molecule has 2 aromatic carbocycles. The van der Waals surface area contributed by atoms with Gasteiger partial charge in [-0.2, -0.15) is 0 Å². The molecular formula is C18H19Br2NO3. The number of oxime groups is 1. The zero-order chi connectivity index (χ0) is 17.7. The summed E-state index contributed by atoms with van der Waals surface area (Å²) in [7, 11) is 1.68. The van der Waals surface area contributed by atoms with Gasteiger partial charge in [0.25, 0.3) is 0 Å². The standard InChI is InChI=1S/C18H19Br2NO3/c1-4-11(2)14-9-13(5-6-17(14)23-3)24-18-15(19)7-12(10-21-22)8-16(18)20/h5-11,22H,4H2,1-3H3. The van der Waals surface area contributed by atoms with Gasteiger partial charge in [0.15, 0.2) is 5.75 Å². The van der Waals surface area contributed by atoms with E-state index in [1.165, 1.54) is 6.21 Å². The number of halogens is 2. The number of rotatable bonds is 6. The average Bonchev–Trinajstić information content (AvgIpc) is 2.57. The van der Waals surface area contributed by atoms with Crippen LogP contribution in [0.1, 0.15) is 37.3 Å². The maximum atomic E-state index is 8.66. The summed E-state index contributed by atoms with van der Waals surface area (Å²) in [5.41, 5.74) is 1.87. The minimum atomic E-state index is 0.374. The summed E-state index contributed by atoms with van der Waals surface area (Å²) in [6.07, 6.45) is 2.37. The Morgan fingerprint density at radius 3 is 2.42 bits per heavy atom. The highest BCUT2D eigenvalue weighted by Gasteiger charge is 2.14. The Hall–Kier alpha value is -1.53. The molecule has 1 unspecified atom stereocenters. The van der Waals surface area contributed by atoms with Gasteiger partial charge in [0.05, 0.1) is 22.3 Å². The van der Waals surface area contributed by atoms with Crippen LogP contribution in [0.25, 0.3) is 0 Å².